The largest absolute Gasteiger partial charge is 0.326 e. The summed E-state index contributed by atoms with van der Waals surface area (Å²) in [6.45, 7) is 1.92. The molecule has 0 unspecified atom stereocenters. The van der Waals surface area contributed by atoms with Crippen molar-refractivity contribution in [2.45, 2.75) is 6.92 Å². The molecule has 3 rings (SSSR count). The molecule has 1 aromatic carbocycles. The molecule has 0 saturated heterocycles. The molecule has 0 atom stereocenters. The zero-order valence-electron chi connectivity index (χ0n) is 10.4. The monoisotopic (exact) mass is 307 g/mol. The predicted octanol–water partition coefficient (Wildman–Crippen LogP) is 3.40. The molecule has 2 N–H and O–H groups in total. The maximum atomic E-state index is 11.8. The molecular weight excluding hydrogens is 298 g/mol. The standard InChI is InChI=1S/C12H10ClN5OS/c1-7-6-20-12-16-10(17-18(7)12)15-11(19)14-9-4-2-3-8(13)5-9/h2-6H,1H3,(H2,14,15,17,19). The van der Waals surface area contributed by atoms with Crippen LogP contribution in [0.4, 0.5) is 16.4 Å². The van der Waals surface area contributed by atoms with Gasteiger partial charge >= 0.3 is 6.03 Å². The summed E-state index contributed by atoms with van der Waals surface area (Å²) < 4.78 is 1.68. The van der Waals surface area contributed by atoms with E-state index in [2.05, 4.69) is 20.7 Å². The highest BCUT2D eigenvalue weighted by Gasteiger charge is 2.10. The van der Waals surface area contributed by atoms with Gasteiger partial charge in [0.05, 0.1) is 5.69 Å². The number of urea groups is 1. The fraction of sp³-hybridized carbons (Fsp3) is 0.0833. The third kappa shape index (κ3) is 2.59. The second-order valence-electron chi connectivity index (χ2n) is 4.10. The van der Waals surface area contributed by atoms with Crippen molar-refractivity contribution in [2.24, 2.45) is 0 Å². The number of amides is 2. The normalized spacial score (nSPS) is 10.7. The molecule has 0 radical (unpaired) electrons. The van der Waals surface area contributed by atoms with E-state index in [1.807, 2.05) is 12.3 Å². The number of anilines is 2. The number of fused-ring (bicyclic) bond motifs is 1. The van der Waals surface area contributed by atoms with Gasteiger partial charge in [0.15, 0.2) is 0 Å². The molecule has 0 aliphatic heterocycles. The fourth-order valence-electron chi connectivity index (χ4n) is 1.67. The third-order valence-electron chi connectivity index (χ3n) is 2.55. The number of hydrogen-bond acceptors (Lipinski definition) is 4. The summed E-state index contributed by atoms with van der Waals surface area (Å²) in [4.78, 5) is 16.8. The Bertz CT molecular complexity index is 781. The summed E-state index contributed by atoms with van der Waals surface area (Å²) in [5, 5.41) is 11.9. The third-order valence-corrected chi connectivity index (χ3v) is 3.72. The van der Waals surface area contributed by atoms with E-state index in [-0.39, 0.29) is 5.95 Å². The van der Waals surface area contributed by atoms with E-state index in [0.717, 1.165) is 10.7 Å². The van der Waals surface area contributed by atoms with E-state index in [1.54, 1.807) is 28.8 Å². The summed E-state index contributed by atoms with van der Waals surface area (Å²) in [6.07, 6.45) is 0. The van der Waals surface area contributed by atoms with Gasteiger partial charge in [-0.05, 0) is 25.1 Å². The minimum Gasteiger partial charge on any atom is -0.308 e. The average Bonchev–Trinajstić information content (AvgIpc) is 2.92. The highest BCUT2D eigenvalue weighted by Crippen LogP contribution is 2.17. The summed E-state index contributed by atoms with van der Waals surface area (Å²) in [5.41, 5.74) is 1.58. The molecule has 0 spiro atoms. The molecule has 0 aliphatic rings. The van der Waals surface area contributed by atoms with Crippen molar-refractivity contribution in [3.8, 4) is 0 Å². The van der Waals surface area contributed by atoms with E-state index in [9.17, 15) is 4.79 Å². The number of thiazole rings is 1. The Labute approximate surface area is 123 Å². The number of carbonyl (C=O) groups is 1. The SMILES string of the molecule is Cc1csc2nc(NC(=O)Nc3cccc(Cl)c3)nn12. The average molecular weight is 308 g/mol. The molecule has 0 saturated carbocycles. The molecule has 102 valence electrons. The van der Waals surface area contributed by atoms with E-state index < -0.39 is 6.03 Å². The lowest BCUT2D eigenvalue weighted by Crippen LogP contribution is -2.20. The van der Waals surface area contributed by atoms with Gasteiger partial charge in [0.1, 0.15) is 0 Å². The van der Waals surface area contributed by atoms with Crippen LogP contribution in [0.15, 0.2) is 29.6 Å². The second-order valence-corrected chi connectivity index (χ2v) is 5.37. The molecule has 8 heteroatoms. The Morgan fingerprint density at radius 1 is 1.40 bits per heavy atom. The van der Waals surface area contributed by atoms with Crippen molar-refractivity contribution in [2.75, 3.05) is 10.6 Å². The minimum absolute atomic E-state index is 0.263. The molecule has 2 amide bonds. The van der Waals surface area contributed by atoms with Crippen LogP contribution in [-0.4, -0.2) is 20.6 Å². The lowest BCUT2D eigenvalue weighted by atomic mass is 10.3. The van der Waals surface area contributed by atoms with Gasteiger partial charge in [0, 0.05) is 16.1 Å². The van der Waals surface area contributed by atoms with Crippen molar-refractivity contribution in [3.05, 3.63) is 40.4 Å². The first kappa shape index (κ1) is 12.9. The van der Waals surface area contributed by atoms with Crippen molar-refractivity contribution in [1.29, 1.82) is 0 Å². The predicted molar refractivity (Wildman–Crippen MR) is 79.7 cm³/mol. The molecule has 3 aromatic rings. The molecule has 0 bridgehead atoms. The number of aromatic nitrogens is 3. The smallest absolute Gasteiger partial charge is 0.308 e. The Kier molecular flexibility index (Phi) is 3.29. The lowest BCUT2D eigenvalue weighted by molar-refractivity contribution is 0.262. The summed E-state index contributed by atoms with van der Waals surface area (Å²) >= 11 is 7.31. The Balaban J connectivity index is 1.72. The fourth-order valence-corrected chi connectivity index (χ4v) is 2.66. The van der Waals surface area contributed by atoms with E-state index in [0.29, 0.717) is 10.7 Å². The van der Waals surface area contributed by atoms with Crippen LogP contribution in [-0.2, 0) is 0 Å². The number of benzene rings is 1. The van der Waals surface area contributed by atoms with Crippen LogP contribution >= 0.6 is 22.9 Å². The van der Waals surface area contributed by atoms with Gasteiger partial charge in [-0.3, -0.25) is 5.32 Å². The first-order chi connectivity index (χ1) is 9.61. The van der Waals surface area contributed by atoms with Crippen LogP contribution < -0.4 is 10.6 Å². The first-order valence-electron chi connectivity index (χ1n) is 5.76. The number of aryl methyl sites for hydroxylation is 1. The van der Waals surface area contributed by atoms with E-state index >= 15 is 0 Å². The van der Waals surface area contributed by atoms with Gasteiger partial charge < -0.3 is 5.32 Å². The van der Waals surface area contributed by atoms with E-state index in [1.165, 1.54) is 11.3 Å². The van der Waals surface area contributed by atoms with Crippen molar-refractivity contribution < 1.29 is 4.79 Å². The van der Waals surface area contributed by atoms with Crippen LogP contribution in [0.2, 0.25) is 5.02 Å². The van der Waals surface area contributed by atoms with Crippen molar-refractivity contribution in [3.63, 3.8) is 0 Å². The van der Waals surface area contributed by atoms with Crippen molar-refractivity contribution in [1.82, 2.24) is 14.6 Å². The van der Waals surface area contributed by atoms with Crippen LogP contribution in [0, 0.1) is 6.92 Å². The highest BCUT2D eigenvalue weighted by atomic mass is 35.5. The van der Waals surface area contributed by atoms with Gasteiger partial charge in [0.25, 0.3) is 5.95 Å². The molecule has 6 nitrogen and oxygen atoms in total. The number of rotatable bonds is 2. The van der Waals surface area contributed by atoms with Gasteiger partial charge in [-0.2, -0.15) is 4.98 Å². The van der Waals surface area contributed by atoms with Gasteiger partial charge in [-0.25, -0.2) is 9.31 Å². The van der Waals surface area contributed by atoms with Gasteiger partial charge in [-0.1, -0.05) is 17.7 Å². The van der Waals surface area contributed by atoms with Crippen molar-refractivity contribution >= 4 is 45.6 Å². The molecule has 0 aliphatic carbocycles. The summed E-state index contributed by atoms with van der Waals surface area (Å²) in [6, 6.07) is 6.48. The topological polar surface area (TPSA) is 71.3 Å². The lowest BCUT2D eigenvalue weighted by Gasteiger charge is -2.04. The van der Waals surface area contributed by atoms with Crippen LogP contribution in [0.5, 0.6) is 0 Å². The van der Waals surface area contributed by atoms with Crippen LogP contribution in [0.3, 0.4) is 0 Å². The summed E-state index contributed by atoms with van der Waals surface area (Å²) in [5.74, 6) is 0.263. The number of nitrogens with one attached hydrogen (secondary N) is 2. The zero-order valence-corrected chi connectivity index (χ0v) is 12.0. The maximum absolute atomic E-state index is 11.8. The highest BCUT2D eigenvalue weighted by molar-refractivity contribution is 7.15. The zero-order chi connectivity index (χ0) is 14.1. The quantitative estimate of drug-likeness (QED) is 0.762. The summed E-state index contributed by atoms with van der Waals surface area (Å²) in [7, 11) is 0. The van der Waals surface area contributed by atoms with Crippen LogP contribution in [0.1, 0.15) is 5.69 Å². The first-order valence-corrected chi connectivity index (χ1v) is 7.02. The Morgan fingerprint density at radius 3 is 3.00 bits per heavy atom. The Hall–Kier alpha value is -2.12. The minimum atomic E-state index is -0.414. The molecule has 20 heavy (non-hydrogen) atoms. The molecule has 2 aromatic heterocycles. The van der Waals surface area contributed by atoms with Gasteiger partial charge in [-0.15, -0.1) is 16.4 Å². The van der Waals surface area contributed by atoms with E-state index in [4.69, 9.17) is 11.6 Å². The number of carbonyl (C=O) groups excluding carboxylic acids is 1. The molecular formula is C12H10ClN5OS. The molecule has 0 fully saturated rings. The van der Waals surface area contributed by atoms with Crippen LogP contribution in [0.25, 0.3) is 4.96 Å². The maximum Gasteiger partial charge on any atom is 0.326 e. The number of hydrogen-bond donors (Lipinski definition) is 2. The Morgan fingerprint density at radius 2 is 2.25 bits per heavy atom. The number of nitrogens with zero attached hydrogens (tertiary/aromatic N) is 3. The number of halogens is 1. The molecule has 2 heterocycles. The van der Waals surface area contributed by atoms with Gasteiger partial charge in [0.2, 0.25) is 4.96 Å². The second kappa shape index (κ2) is 5.10.